The smallest absolute Gasteiger partial charge is 0.214 e. The topological polar surface area (TPSA) is 52.5 Å². The fourth-order valence-electron chi connectivity index (χ4n) is 4.48. The number of nitrogens with one attached hydrogen (secondary N) is 2. The van der Waals surface area contributed by atoms with Gasteiger partial charge in [-0.15, -0.1) is 5.10 Å². The van der Waals surface area contributed by atoms with Crippen molar-refractivity contribution in [3.8, 4) is 0 Å². The van der Waals surface area contributed by atoms with Crippen molar-refractivity contribution in [3.63, 3.8) is 0 Å². The minimum atomic E-state index is 0.242. The van der Waals surface area contributed by atoms with Gasteiger partial charge in [-0.1, -0.05) is 49.6 Å². The van der Waals surface area contributed by atoms with E-state index in [1.54, 1.807) is 9.80 Å². The Morgan fingerprint density at radius 3 is 2.44 bits per heavy atom. The summed E-state index contributed by atoms with van der Waals surface area (Å²) in [6.07, 6.45) is 6.36. The van der Waals surface area contributed by atoms with Crippen LogP contribution >= 0.6 is 0 Å². The molecule has 6 nitrogen and oxygen atoms in total. The molecule has 2 heterocycles. The zero-order valence-corrected chi connectivity index (χ0v) is 15.2. The fourth-order valence-corrected chi connectivity index (χ4v) is 4.48. The van der Waals surface area contributed by atoms with E-state index in [1.165, 1.54) is 63.8 Å². The summed E-state index contributed by atoms with van der Waals surface area (Å²) >= 11 is 0. The van der Waals surface area contributed by atoms with Crippen LogP contribution in [0.5, 0.6) is 0 Å². The number of benzene rings is 1. The Labute approximate surface area is 149 Å². The van der Waals surface area contributed by atoms with Crippen LogP contribution in [-0.4, -0.2) is 53.4 Å². The molecule has 0 spiro atoms. The van der Waals surface area contributed by atoms with Crippen LogP contribution in [0.2, 0.25) is 0 Å². The van der Waals surface area contributed by atoms with Crippen molar-refractivity contribution in [2.75, 3.05) is 33.2 Å². The zero-order chi connectivity index (χ0) is 17.1. The Bertz CT molecular complexity index is 656. The molecular weight excluding hydrogens is 312 g/mol. The van der Waals surface area contributed by atoms with Gasteiger partial charge in [-0.25, -0.2) is 4.68 Å². The predicted octanol–water partition coefficient (Wildman–Crippen LogP) is -0.319. The van der Waals surface area contributed by atoms with Gasteiger partial charge in [0.05, 0.1) is 13.1 Å². The van der Waals surface area contributed by atoms with Gasteiger partial charge in [-0.2, -0.15) is 0 Å². The van der Waals surface area contributed by atoms with Crippen molar-refractivity contribution >= 4 is 0 Å². The van der Waals surface area contributed by atoms with Crippen LogP contribution in [0.25, 0.3) is 0 Å². The number of rotatable bonds is 4. The summed E-state index contributed by atoms with van der Waals surface area (Å²) in [6.45, 7) is 4.76. The summed E-state index contributed by atoms with van der Waals surface area (Å²) in [4.78, 5) is 3.23. The van der Waals surface area contributed by atoms with Crippen LogP contribution in [0.1, 0.15) is 55.6 Å². The van der Waals surface area contributed by atoms with Gasteiger partial charge < -0.3 is 9.80 Å². The standard InChI is InChI=1S/C19H28N6/c1-23-12-14-24(15-13-23)18(16-8-4-2-5-9-16)19-20-21-22-25(19)17-10-6-3-7-11-17/h2,4-5,8-9,17-18H,3,6-7,10-15H2,1H3/p+2/t18-/m0/s1. The van der Waals surface area contributed by atoms with Gasteiger partial charge in [0.25, 0.3) is 0 Å². The quantitative estimate of drug-likeness (QED) is 0.801. The van der Waals surface area contributed by atoms with E-state index in [0.29, 0.717) is 6.04 Å². The summed E-state index contributed by atoms with van der Waals surface area (Å²) in [5.41, 5.74) is 1.34. The molecule has 134 valence electrons. The van der Waals surface area contributed by atoms with Gasteiger partial charge in [0, 0.05) is 5.56 Å². The van der Waals surface area contributed by atoms with E-state index < -0.39 is 0 Å². The Kier molecular flexibility index (Phi) is 5.08. The molecule has 6 heteroatoms. The van der Waals surface area contributed by atoms with Crippen molar-refractivity contribution in [2.45, 2.75) is 44.2 Å². The third-order valence-electron chi connectivity index (χ3n) is 5.98. The second-order valence-electron chi connectivity index (χ2n) is 7.73. The van der Waals surface area contributed by atoms with Gasteiger partial charge in [-0.3, -0.25) is 0 Å². The Morgan fingerprint density at radius 2 is 1.72 bits per heavy atom. The van der Waals surface area contributed by atoms with E-state index in [1.807, 2.05) is 0 Å². The lowest BCUT2D eigenvalue weighted by atomic mass is 9.95. The van der Waals surface area contributed by atoms with Crippen LogP contribution in [-0.2, 0) is 0 Å². The molecular formula is C19H30N6+2. The third kappa shape index (κ3) is 3.60. The number of nitrogens with zero attached hydrogens (tertiary/aromatic N) is 4. The molecule has 1 atom stereocenters. The van der Waals surface area contributed by atoms with E-state index in [-0.39, 0.29) is 6.04 Å². The molecule has 1 aromatic carbocycles. The average Bonchev–Trinajstić information content (AvgIpc) is 3.14. The minimum absolute atomic E-state index is 0.242. The largest absolute Gasteiger partial charge is 0.328 e. The number of tetrazole rings is 1. The molecule has 25 heavy (non-hydrogen) atoms. The average molecular weight is 342 g/mol. The lowest BCUT2D eigenvalue weighted by Gasteiger charge is -2.33. The maximum Gasteiger partial charge on any atom is 0.214 e. The summed E-state index contributed by atoms with van der Waals surface area (Å²) < 4.78 is 2.16. The number of aromatic nitrogens is 4. The molecule has 2 fully saturated rings. The molecule has 1 saturated heterocycles. The molecule has 0 unspecified atom stereocenters. The van der Waals surface area contributed by atoms with Crippen LogP contribution in [0, 0.1) is 0 Å². The third-order valence-corrected chi connectivity index (χ3v) is 5.98. The van der Waals surface area contributed by atoms with E-state index in [0.717, 1.165) is 5.82 Å². The van der Waals surface area contributed by atoms with E-state index in [9.17, 15) is 0 Å². The molecule has 0 radical (unpaired) electrons. The molecule has 1 aliphatic heterocycles. The highest BCUT2D eigenvalue weighted by Crippen LogP contribution is 2.29. The van der Waals surface area contributed by atoms with Gasteiger partial charge in [-0.05, 0) is 23.3 Å². The molecule has 2 N–H and O–H groups in total. The highest BCUT2D eigenvalue weighted by atomic mass is 15.6. The molecule has 2 aromatic rings. The lowest BCUT2D eigenvalue weighted by molar-refractivity contribution is -1.02. The predicted molar refractivity (Wildman–Crippen MR) is 95.5 cm³/mol. The molecule has 1 saturated carbocycles. The molecule has 2 aliphatic rings. The first-order valence-corrected chi connectivity index (χ1v) is 9.81. The van der Waals surface area contributed by atoms with Crippen molar-refractivity contribution in [1.29, 1.82) is 0 Å². The fraction of sp³-hybridized carbons (Fsp3) is 0.632. The van der Waals surface area contributed by atoms with Crippen molar-refractivity contribution < 1.29 is 9.80 Å². The first kappa shape index (κ1) is 16.7. The number of quaternary nitrogens is 2. The molecule has 4 rings (SSSR count). The van der Waals surface area contributed by atoms with Crippen LogP contribution < -0.4 is 9.80 Å². The van der Waals surface area contributed by atoms with Crippen molar-refractivity contribution in [2.24, 2.45) is 0 Å². The van der Waals surface area contributed by atoms with Crippen LogP contribution in [0.4, 0.5) is 0 Å². The van der Waals surface area contributed by atoms with E-state index in [4.69, 9.17) is 0 Å². The summed E-state index contributed by atoms with van der Waals surface area (Å²) in [6, 6.07) is 11.6. The second kappa shape index (κ2) is 7.62. The number of hydrogen-bond donors (Lipinski definition) is 2. The summed E-state index contributed by atoms with van der Waals surface area (Å²) in [5, 5.41) is 13.1. The SMILES string of the molecule is C[NH+]1CC[NH+]([C@@H](c2ccccc2)c2nnnn2C2CCCCC2)CC1. The lowest BCUT2D eigenvalue weighted by Crippen LogP contribution is -3.27. The molecule has 1 aromatic heterocycles. The number of piperazine rings is 1. The highest BCUT2D eigenvalue weighted by molar-refractivity contribution is 5.22. The van der Waals surface area contributed by atoms with E-state index >= 15 is 0 Å². The maximum atomic E-state index is 4.54. The normalized spacial score (nSPS) is 26.4. The van der Waals surface area contributed by atoms with Gasteiger partial charge >= 0.3 is 0 Å². The highest BCUT2D eigenvalue weighted by Gasteiger charge is 2.36. The van der Waals surface area contributed by atoms with Crippen LogP contribution in [0.3, 0.4) is 0 Å². The molecule has 0 amide bonds. The van der Waals surface area contributed by atoms with Crippen molar-refractivity contribution in [1.82, 2.24) is 20.2 Å². The van der Waals surface area contributed by atoms with Gasteiger partial charge in [0.2, 0.25) is 5.82 Å². The zero-order valence-electron chi connectivity index (χ0n) is 15.2. The monoisotopic (exact) mass is 342 g/mol. The first-order chi connectivity index (χ1) is 12.3. The molecule has 1 aliphatic carbocycles. The Morgan fingerprint density at radius 1 is 1.00 bits per heavy atom. The first-order valence-electron chi connectivity index (χ1n) is 9.81. The van der Waals surface area contributed by atoms with Crippen molar-refractivity contribution in [3.05, 3.63) is 41.7 Å². The minimum Gasteiger partial charge on any atom is -0.328 e. The molecule has 0 bridgehead atoms. The number of likely N-dealkylation sites (N-methyl/N-ethyl adjacent to an activating group) is 1. The van der Waals surface area contributed by atoms with Gasteiger partial charge in [0.15, 0.2) is 6.04 Å². The number of hydrogen-bond acceptors (Lipinski definition) is 3. The maximum absolute atomic E-state index is 4.54. The van der Waals surface area contributed by atoms with Gasteiger partial charge in [0.1, 0.15) is 26.2 Å². The van der Waals surface area contributed by atoms with E-state index in [2.05, 4.69) is 57.6 Å². The second-order valence-corrected chi connectivity index (χ2v) is 7.73. The summed E-state index contributed by atoms with van der Waals surface area (Å²) in [7, 11) is 2.29. The Hall–Kier alpha value is -1.79. The Balaban J connectivity index is 1.68. The van der Waals surface area contributed by atoms with Crippen LogP contribution in [0.15, 0.2) is 30.3 Å². The summed E-state index contributed by atoms with van der Waals surface area (Å²) in [5.74, 6) is 1.06.